The molecule has 3 saturated heterocycles. The lowest BCUT2D eigenvalue weighted by Gasteiger charge is -2.31. The van der Waals surface area contributed by atoms with Gasteiger partial charge in [0.2, 0.25) is 0 Å². The number of nitrogens with zero attached hydrogens (tertiary/aromatic N) is 4. The zero-order valence-electron chi connectivity index (χ0n) is 15.5. The molecule has 0 amide bonds. The highest BCUT2D eigenvalue weighted by molar-refractivity contribution is 5.80. The van der Waals surface area contributed by atoms with Gasteiger partial charge in [0.15, 0.2) is 5.96 Å². The van der Waals surface area contributed by atoms with E-state index in [1.54, 1.807) is 0 Å². The first-order chi connectivity index (χ1) is 11.7. The molecule has 1 N–H and O–H groups in total. The summed E-state index contributed by atoms with van der Waals surface area (Å²) in [4.78, 5) is 12.0. The maximum atomic E-state index is 5.45. The predicted octanol–water partition coefficient (Wildman–Crippen LogP) is 0.558. The summed E-state index contributed by atoms with van der Waals surface area (Å²) in [5, 5.41) is 3.64. The van der Waals surface area contributed by atoms with Crippen molar-refractivity contribution >= 4 is 5.96 Å². The summed E-state index contributed by atoms with van der Waals surface area (Å²) < 4.78 is 5.45. The summed E-state index contributed by atoms with van der Waals surface area (Å²) in [6.45, 7) is 11.0. The molecular weight excluding hydrogens is 302 g/mol. The molecule has 0 aromatic heterocycles. The quantitative estimate of drug-likeness (QED) is 0.600. The second-order valence-electron chi connectivity index (χ2n) is 7.71. The third kappa shape index (κ3) is 5.07. The van der Waals surface area contributed by atoms with E-state index in [2.05, 4.69) is 32.1 Å². The summed E-state index contributed by atoms with van der Waals surface area (Å²) >= 11 is 0. The molecule has 0 saturated carbocycles. The van der Waals surface area contributed by atoms with Crippen LogP contribution in [0, 0.1) is 11.8 Å². The van der Waals surface area contributed by atoms with Gasteiger partial charge < -0.3 is 19.9 Å². The average Bonchev–Trinajstić information content (AvgIpc) is 3.05. The van der Waals surface area contributed by atoms with Crippen LogP contribution < -0.4 is 5.32 Å². The largest absolute Gasteiger partial charge is 0.379 e. The second kappa shape index (κ2) is 9.02. The van der Waals surface area contributed by atoms with Gasteiger partial charge >= 0.3 is 0 Å². The molecule has 3 aliphatic rings. The fourth-order valence-electron chi connectivity index (χ4n) is 4.33. The third-order valence-electron chi connectivity index (χ3n) is 5.69. The molecule has 3 heterocycles. The third-order valence-corrected chi connectivity index (χ3v) is 5.69. The van der Waals surface area contributed by atoms with E-state index in [0.29, 0.717) is 0 Å². The number of aliphatic imine (C=N–C) groups is 1. The molecule has 138 valence electrons. The van der Waals surface area contributed by atoms with Crippen LogP contribution in [0.1, 0.15) is 19.3 Å². The Kier molecular flexibility index (Phi) is 6.75. The summed E-state index contributed by atoms with van der Waals surface area (Å²) in [6, 6.07) is 0. The first-order valence-electron chi connectivity index (χ1n) is 9.69. The Morgan fingerprint density at radius 2 is 1.92 bits per heavy atom. The molecule has 24 heavy (non-hydrogen) atoms. The molecule has 3 aliphatic heterocycles. The summed E-state index contributed by atoms with van der Waals surface area (Å²) in [7, 11) is 4.16. The number of ether oxygens (including phenoxy) is 1. The van der Waals surface area contributed by atoms with Gasteiger partial charge in [-0.3, -0.25) is 9.89 Å². The van der Waals surface area contributed by atoms with Gasteiger partial charge in [-0.25, -0.2) is 0 Å². The van der Waals surface area contributed by atoms with Crippen LogP contribution >= 0.6 is 0 Å². The van der Waals surface area contributed by atoms with Gasteiger partial charge in [-0.05, 0) is 44.7 Å². The number of piperidine rings is 1. The van der Waals surface area contributed by atoms with E-state index in [1.807, 2.05) is 7.05 Å². The lowest BCUT2D eigenvalue weighted by atomic mass is 9.99. The van der Waals surface area contributed by atoms with E-state index in [4.69, 9.17) is 4.74 Å². The van der Waals surface area contributed by atoms with Crippen molar-refractivity contribution < 1.29 is 4.74 Å². The van der Waals surface area contributed by atoms with Crippen molar-refractivity contribution in [3.63, 3.8) is 0 Å². The number of morpholine rings is 1. The van der Waals surface area contributed by atoms with Crippen LogP contribution in [-0.2, 0) is 4.74 Å². The first kappa shape index (κ1) is 18.0. The van der Waals surface area contributed by atoms with E-state index in [1.165, 1.54) is 38.9 Å². The maximum absolute atomic E-state index is 5.45. The molecule has 0 bridgehead atoms. The van der Waals surface area contributed by atoms with Crippen molar-refractivity contribution in [1.29, 1.82) is 0 Å². The Morgan fingerprint density at radius 3 is 2.67 bits per heavy atom. The average molecular weight is 338 g/mol. The molecule has 0 spiro atoms. The summed E-state index contributed by atoms with van der Waals surface area (Å²) in [6.07, 6.45) is 3.95. The Morgan fingerprint density at radius 1 is 1.08 bits per heavy atom. The minimum Gasteiger partial charge on any atom is -0.379 e. The van der Waals surface area contributed by atoms with Gasteiger partial charge in [-0.2, -0.15) is 0 Å². The van der Waals surface area contributed by atoms with Crippen LogP contribution in [0.2, 0.25) is 0 Å². The number of likely N-dealkylation sites (tertiary alicyclic amines) is 2. The van der Waals surface area contributed by atoms with Crippen molar-refractivity contribution in [2.75, 3.05) is 79.7 Å². The van der Waals surface area contributed by atoms with Gasteiger partial charge in [0.1, 0.15) is 0 Å². The Labute approximate surface area is 147 Å². The molecule has 3 rings (SSSR count). The molecule has 2 unspecified atom stereocenters. The molecule has 0 radical (unpaired) electrons. The first-order valence-corrected chi connectivity index (χ1v) is 9.69. The van der Waals surface area contributed by atoms with Crippen LogP contribution in [0.4, 0.5) is 0 Å². The monoisotopic (exact) mass is 337 g/mol. The van der Waals surface area contributed by atoms with Crippen molar-refractivity contribution in [2.45, 2.75) is 19.3 Å². The number of nitrogens with one attached hydrogen (secondary N) is 1. The summed E-state index contributed by atoms with van der Waals surface area (Å²) in [5.74, 6) is 2.63. The second-order valence-corrected chi connectivity index (χ2v) is 7.71. The fraction of sp³-hybridized carbons (Fsp3) is 0.944. The van der Waals surface area contributed by atoms with Crippen LogP contribution in [0.15, 0.2) is 4.99 Å². The van der Waals surface area contributed by atoms with Crippen LogP contribution in [0.5, 0.6) is 0 Å². The Hall–Kier alpha value is -0.850. The Bertz CT molecular complexity index is 410. The zero-order valence-corrected chi connectivity index (χ0v) is 15.5. The minimum atomic E-state index is 0.757. The molecule has 0 aromatic carbocycles. The molecule has 0 aromatic rings. The number of hydrogen-bond donors (Lipinski definition) is 1. The van der Waals surface area contributed by atoms with E-state index >= 15 is 0 Å². The highest BCUT2D eigenvalue weighted by atomic mass is 16.5. The van der Waals surface area contributed by atoms with E-state index in [9.17, 15) is 0 Å². The standard InChI is InChI=1S/C18H35N5O/c1-19-18(20-12-16-4-3-6-21(2)13-16)23-7-5-17(15-23)14-22-8-10-24-11-9-22/h16-17H,3-15H2,1-2H3,(H,19,20). The topological polar surface area (TPSA) is 43.3 Å². The van der Waals surface area contributed by atoms with Crippen LogP contribution in [-0.4, -0.2) is 100 Å². The van der Waals surface area contributed by atoms with Crippen LogP contribution in [0.3, 0.4) is 0 Å². The van der Waals surface area contributed by atoms with Gasteiger partial charge in [-0.1, -0.05) is 0 Å². The molecule has 2 atom stereocenters. The smallest absolute Gasteiger partial charge is 0.193 e. The van der Waals surface area contributed by atoms with Crippen LogP contribution in [0.25, 0.3) is 0 Å². The molecule has 6 heteroatoms. The summed E-state index contributed by atoms with van der Waals surface area (Å²) in [5.41, 5.74) is 0. The minimum absolute atomic E-state index is 0.757. The SMILES string of the molecule is CN=C(NCC1CCCN(C)C1)N1CCC(CN2CCOCC2)C1. The number of rotatable bonds is 4. The fourth-order valence-corrected chi connectivity index (χ4v) is 4.33. The number of hydrogen-bond acceptors (Lipinski definition) is 4. The maximum Gasteiger partial charge on any atom is 0.193 e. The normalized spacial score (nSPS) is 30.8. The van der Waals surface area contributed by atoms with Crippen molar-refractivity contribution in [1.82, 2.24) is 20.0 Å². The van der Waals surface area contributed by atoms with Gasteiger partial charge in [-0.15, -0.1) is 0 Å². The van der Waals surface area contributed by atoms with Crippen molar-refractivity contribution in [3.8, 4) is 0 Å². The molecular formula is C18H35N5O. The van der Waals surface area contributed by atoms with Gasteiger partial charge in [0.25, 0.3) is 0 Å². The Balaban J connectivity index is 1.41. The number of guanidine groups is 1. The molecule has 0 aliphatic carbocycles. The highest BCUT2D eigenvalue weighted by Crippen LogP contribution is 2.19. The molecule has 6 nitrogen and oxygen atoms in total. The van der Waals surface area contributed by atoms with Crippen molar-refractivity contribution in [3.05, 3.63) is 0 Å². The van der Waals surface area contributed by atoms with E-state index < -0.39 is 0 Å². The van der Waals surface area contributed by atoms with E-state index in [-0.39, 0.29) is 0 Å². The predicted molar refractivity (Wildman–Crippen MR) is 98.5 cm³/mol. The van der Waals surface area contributed by atoms with Gasteiger partial charge in [0, 0.05) is 52.9 Å². The molecule has 3 fully saturated rings. The lowest BCUT2D eigenvalue weighted by Crippen LogP contribution is -2.45. The van der Waals surface area contributed by atoms with Gasteiger partial charge in [0.05, 0.1) is 13.2 Å². The van der Waals surface area contributed by atoms with Crippen molar-refractivity contribution in [2.24, 2.45) is 16.8 Å². The van der Waals surface area contributed by atoms with E-state index in [0.717, 1.165) is 63.7 Å². The lowest BCUT2D eigenvalue weighted by molar-refractivity contribution is 0.0315. The zero-order chi connectivity index (χ0) is 16.8. The highest BCUT2D eigenvalue weighted by Gasteiger charge is 2.27.